The second-order valence-electron chi connectivity index (χ2n) is 3.51. The second-order valence-corrected chi connectivity index (χ2v) is 7.23. The standard InChI is InChI=1S/C5H16NO12P3/c7-19(8,9)16-3-1-6(5-18-21(13,14)15)2-4-17-20(10,11)12/h1-5H2,(H2,7,8,9)(H2,10,11,12)(H2,13,14,15). The van der Waals surface area contributed by atoms with E-state index < -0.39 is 43.4 Å². The minimum absolute atomic E-state index is 0.240. The molecule has 128 valence electrons. The monoisotopic (exact) mass is 375 g/mol. The van der Waals surface area contributed by atoms with Gasteiger partial charge in [-0.1, -0.05) is 0 Å². The molecule has 0 saturated heterocycles. The Bertz CT molecular complexity index is 408. The molecule has 0 atom stereocenters. The van der Waals surface area contributed by atoms with Gasteiger partial charge in [-0.25, -0.2) is 13.7 Å². The molecule has 0 bridgehead atoms. The van der Waals surface area contributed by atoms with Crippen LogP contribution < -0.4 is 0 Å². The number of hydrogen-bond acceptors (Lipinski definition) is 7. The molecule has 0 amide bonds. The van der Waals surface area contributed by atoms with Crippen LogP contribution in [0.1, 0.15) is 0 Å². The van der Waals surface area contributed by atoms with Crippen LogP contribution in [0.3, 0.4) is 0 Å². The van der Waals surface area contributed by atoms with Crippen LogP contribution in [0.25, 0.3) is 0 Å². The third-order valence-corrected chi connectivity index (χ3v) is 3.23. The van der Waals surface area contributed by atoms with Crippen LogP contribution in [0.4, 0.5) is 0 Å². The Hall–Kier alpha value is 0.290. The molecule has 0 aromatic carbocycles. The van der Waals surface area contributed by atoms with Crippen LogP contribution in [0, 0.1) is 0 Å². The molecule has 0 rings (SSSR count). The lowest BCUT2D eigenvalue weighted by atomic mass is 10.5. The Balaban J connectivity index is 4.30. The zero-order valence-electron chi connectivity index (χ0n) is 10.5. The summed E-state index contributed by atoms with van der Waals surface area (Å²) in [7, 11) is -14.2. The van der Waals surface area contributed by atoms with Gasteiger partial charge < -0.3 is 29.4 Å². The Morgan fingerprint density at radius 1 is 0.667 bits per heavy atom. The van der Waals surface area contributed by atoms with Gasteiger partial charge in [-0.2, -0.15) is 0 Å². The molecule has 0 saturated carbocycles. The summed E-state index contributed by atoms with van der Waals surface area (Å²) in [5.74, 6) is 0. The minimum Gasteiger partial charge on any atom is -0.303 e. The summed E-state index contributed by atoms with van der Waals surface area (Å²) in [6.45, 7) is -2.17. The first-order chi connectivity index (χ1) is 9.29. The first kappa shape index (κ1) is 21.3. The van der Waals surface area contributed by atoms with Gasteiger partial charge in [0.25, 0.3) is 0 Å². The summed E-state index contributed by atoms with van der Waals surface area (Å²) in [6.07, 6.45) is 0. The van der Waals surface area contributed by atoms with E-state index in [1.54, 1.807) is 0 Å². The van der Waals surface area contributed by atoms with Gasteiger partial charge in [-0.3, -0.25) is 18.5 Å². The van der Waals surface area contributed by atoms with Crippen LogP contribution >= 0.6 is 23.5 Å². The third kappa shape index (κ3) is 16.5. The summed E-state index contributed by atoms with van der Waals surface area (Å²) in [6, 6.07) is 0. The van der Waals surface area contributed by atoms with Crippen molar-refractivity contribution in [3.8, 4) is 0 Å². The SMILES string of the molecule is O=P(O)(O)OCCN(CCOP(=O)(O)O)COP(=O)(O)O. The summed E-state index contributed by atoms with van der Waals surface area (Å²) >= 11 is 0. The van der Waals surface area contributed by atoms with Gasteiger partial charge in [0.1, 0.15) is 6.73 Å². The van der Waals surface area contributed by atoms with E-state index in [2.05, 4.69) is 13.6 Å². The molecule has 0 aliphatic heterocycles. The van der Waals surface area contributed by atoms with Crippen LogP contribution in [0.15, 0.2) is 0 Å². The summed E-state index contributed by atoms with van der Waals surface area (Å²) in [4.78, 5) is 52.0. The molecule has 6 N–H and O–H groups in total. The molecule has 0 aliphatic rings. The fourth-order valence-electron chi connectivity index (χ4n) is 0.975. The van der Waals surface area contributed by atoms with Gasteiger partial charge in [0.05, 0.1) is 13.2 Å². The molecular weight excluding hydrogens is 359 g/mol. The summed E-state index contributed by atoms with van der Waals surface area (Å²) < 4.78 is 43.8. The van der Waals surface area contributed by atoms with Gasteiger partial charge in [-0.05, 0) is 0 Å². The maximum absolute atomic E-state index is 10.5. The van der Waals surface area contributed by atoms with Crippen molar-refractivity contribution in [2.24, 2.45) is 0 Å². The highest BCUT2D eigenvalue weighted by Gasteiger charge is 2.20. The number of nitrogens with zero attached hydrogens (tertiary/aromatic N) is 1. The van der Waals surface area contributed by atoms with Crippen molar-refractivity contribution in [1.29, 1.82) is 0 Å². The number of hydrogen-bond donors (Lipinski definition) is 6. The van der Waals surface area contributed by atoms with E-state index in [0.717, 1.165) is 4.90 Å². The van der Waals surface area contributed by atoms with E-state index in [4.69, 9.17) is 29.4 Å². The topological polar surface area (TPSA) is 204 Å². The smallest absolute Gasteiger partial charge is 0.303 e. The number of phosphoric acid groups is 3. The molecule has 0 aliphatic carbocycles. The van der Waals surface area contributed by atoms with E-state index in [9.17, 15) is 13.7 Å². The van der Waals surface area contributed by atoms with Crippen molar-refractivity contribution in [2.75, 3.05) is 33.0 Å². The Morgan fingerprint density at radius 2 is 1.00 bits per heavy atom. The molecule has 16 heteroatoms. The van der Waals surface area contributed by atoms with Crippen LogP contribution in [0.2, 0.25) is 0 Å². The zero-order chi connectivity index (χ0) is 16.7. The molecule has 0 unspecified atom stereocenters. The fraction of sp³-hybridized carbons (Fsp3) is 1.00. The lowest BCUT2D eigenvalue weighted by Gasteiger charge is -2.22. The molecule has 13 nitrogen and oxygen atoms in total. The van der Waals surface area contributed by atoms with Gasteiger partial charge in [-0.15, -0.1) is 0 Å². The highest BCUT2D eigenvalue weighted by atomic mass is 31.2. The maximum atomic E-state index is 10.5. The largest absolute Gasteiger partial charge is 0.470 e. The molecule has 0 aromatic heterocycles. The summed E-state index contributed by atoms with van der Waals surface area (Å²) in [5.41, 5.74) is 0. The molecule has 21 heavy (non-hydrogen) atoms. The van der Waals surface area contributed by atoms with Crippen molar-refractivity contribution >= 4 is 23.5 Å². The van der Waals surface area contributed by atoms with Gasteiger partial charge in [0.15, 0.2) is 0 Å². The molecule has 0 aromatic rings. The maximum Gasteiger partial charge on any atom is 0.470 e. The van der Waals surface area contributed by atoms with Crippen molar-refractivity contribution in [1.82, 2.24) is 4.90 Å². The average molecular weight is 375 g/mol. The molecule has 0 heterocycles. The highest BCUT2D eigenvalue weighted by Crippen LogP contribution is 2.37. The van der Waals surface area contributed by atoms with Crippen LogP contribution in [0.5, 0.6) is 0 Å². The lowest BCUT2D eigenvalue weighted by Crippen LogP contribution is -2.32. The Labute approximate surface area is 119 Å². The van der Waals surface area contributed by atoms with Gasteiger partial charge >= 0.3 is 23.5 Å². The fourth-order valence-corrected chi connectivity index (χ4v) is 1.93. The average Bonchev–Trinajstić information content (AvgIpc) is 2.20. The number of phosphoric ester groups is 3. The van der Waals surface area contributed by atoms with Crippen molar-refractivity contribution in [2.45, 2.75) is 0 Å². The predicted molar refractivity (Wildman–Crippen MR) is 65.6 cm³/mol. The Kier molecular flexibility index (Phi) is 8.92. The normalized spacial score (nSPS) is 13.9. The van der Waals surface area contributed by atoms with E-state index in [1.807, 2.05) is 0 Å². The molecule has 0 fully saturated rings. The lowest BCUT2D eigenvalue weighted by molar-refractivity contribution is 0.0605. The minimum atomic E-state index is -4.78. The third-order valence-electron chi connectivity index (χ3n) is 1.74. The molecule has 0 radical (unpaired) electrons. The quantitative estimate of drug-likeness (QED) is 0.181. The van der Waals surface area contributed by atoms with Gasteiger partial charge in [0, 0.05) is 13.1 Å². The van der Waals surface area contributed by atoms with E-state index in [0.29, 0.717) is 0 Å². The van der Waals surface area contributed by atoms with E-state index in [-0.39, 0.29) is 13.1 Å². The van der Waals surface area contributed by atoms with E-state index in [1.165, 1.54) is 0 Å². The zero-order valence-corrected chi connectivity index (χ0v) is 13.1. The van der Waals surface area contributed by atoms with Crippen molar-refractivity contribution in [3.05, 3.63) is 0 Å². The predicted octanol–water partition coefficient (Wildman–Crippen LogP) is -1.43. The Morgan fingerprint density at radius 3 is 1.29 bits per heavy atom. The van der Waals surface area contributed by atoms with Crippen LogP contribution in [-0.4, -0.2) is 67.3 Å². The van der Waals surface area contributed by atoms with Crippen LogP contribution in [-0.2, 0) is 27.3 Å². The first-order valence-electron chi connectivity index (χ1n) is 5.11. The van der Waals surface area contributed by atoms with Crippen molar-refractivity contribution < 1.29 is 56.6 Å². The summed E-state index contributed by atoms with van der Waals surface area (Å²) in [5, 5.41) is 0. The van der Waals surface area contributed by atoms with E-state index >= 15 is 0 Å². The van der Waals surface area contributed by atoms with Crippen molar-refractivity contribution in [3.63, 3.8) is 0 Å². The highest BCUT2D eigenvalue weighted by molar-refractivity contribution is 7.46. The van der Waals surface area contributed by atoms with Gasteiger partial charge in [0.2, 0.25) is 0 Å². The first-order valence-corrected chi connectivity index (χ1v) is 9.70. The number of rotatable bonds is 11. The molecule has 0 spiro atoms. The second kappa shape index (κ2) is 8.80. The molecular formula is C5H16NO12P3.